The molecule has 2 aromatic heterocycles. The molecule has 142 valence electrons. The molecule has 0 spiro atoms. The van der Waals surface area contributed by atoms with E-state index in [1.165, 1.54) is 47.7 Å². The third kappa shape index (κ3) is 3.72. The van der Waals surface area contributed by atoms with Gasteiger partial charge in [0.15, 0.2) is 0 Å². The first-order valence-corrected chi connectivity index (χ1v) is 9.34. The van der Waals surface area contributed by atoms with Gasteiger partial charge in [-0.3, -0.25) is 20.3 Å². The second-order valence-corrected chi connectivity index (χ2v) is 7.32. The van der Waals surface area contributed by atoms with E-state index in [0.717, 1.165) is 21.5 Å². The summed E-state index contributed by atoms with van der Waals surface area (Å²) in [4.78, 5) is 13.9. The number of carbonyl (C=O) groups is 1. The third-order valence-corrected chi connectivity index (χ3v) is 5.39. The van der Waals surface area contributed by atoms with Crippen LogP contribution in [0.3, 0.4) is 0 Å². The number of amides is 1. The number of thiophene rings is 1. The minimum atomic E-state index is -0.345. The van der Waals surface area contributed by atoms with Crippen molar-refractivity contribution < 1.29 is 13.6 Å². The molecule has 4 aromatic rings. The van der Waals surface area contributed by atoms with Gasteiger partial charge in [0, 0.05) is 5.39 Å². The van der Waals surface area contributed by atoms with Crippen molar-refractivity contribution in [3.05, 3.63) is 82.4 Å². The molecule has 0 aliphatic carbocycles. The Labute approximate surface area is 163 Å². The number of nitrogens with zero attached hydrogens (tertiary/aromatic N) is 2. The second-order valence-electron chi connectivity index (χ2n) is 6.29. The van der Waals surface area contributed by atoms with Gasteiger partial charge in [-0.1, -0.05) is 12.1 Å². The van der Waals surface area contributed by atoms with Crippen LogP contribution in [0.25, 0.3) is 10.2 Å². The van der Waals surface area contributed by atoms with Gasteiger partial charge >= 0.3 is 0 Å². The predicted octanol–water partition coefficient (Wildman–Crippen LogP) is 4.49. The van der Waals surface area contributed by atoms with E-state index in [-0.39, 0.29) is 17.5 Å². The van der Waals surface area contributed by atoms with Crippen molar-refractivity contribution >= 4 is 33.1 Å². The summed E-state index contributed by atoms with van der Waals surface area (Å²) in [5, 5.41) is 5.42. The second kappa shape index (κ2) is 7.40. The van der Waals surface area contributed by atoms with Gasteiger partial charge < -0.3 is 0 Å². The lowest BCUT2D eigenvalue weighted by atomic mass is 10.2. The number of hydrogen-bond donors (Lipinski definition) is 2. The smallest absolute Gasteiger partial charge is 0.279 e. The number of nitrogens with one attached hydrogen (secondary N) is 2. The first-order valence-electron chi connectivity index (χ1n) is 8.53. The van der Waals surface area contributed by atoms with Crippen LogP contribution in [0.2, 0.25) is 0 Å². The van der Waals surface area contributed by atoms with E-state index < -0.39 is 0 Å². The van der Waals surface area contributed by atoms with Crippen molar-refractivity contribution in [2.24, 2.45) is 0 Å². The quantitative estimate of drug-likeness (QED) is 0.487. The maximum atomic E-state index is 13.1. The van der Waals surface area contributed by atoms with Gasteiger partial charge in [-0.2, -0.15) is 5.10 Å². The van der Waals surface area contributed by atoms with Gasteiger partial charge in [0.2, 0.25) is 0 Å². The van der Waals surface area contributed by atoms with E-state index in [1.807, 2.05) is 11.6 Å². The molecular formula is C20H16F2N4OS. The Morgan fingerprint density at radius 1 is 1.07 bits per heavy atom. The van der Waals surface area contributed by atoms with Crippen LogP contribution in [0.1, 0.15) is 20.9 Å². The standard InChI is InChI=1S/C20H16F2N4OS/c1-12-17-10-18(19(27)24-23-16-8-6-15(22)7-9-16)28-20(17)26(25-12)11-13-2-4-14(21)5-3-13/h2-10,23H,11H2,1H3,(H,24,27). The molecule has 0 fully saturated rings. The molecule has 4 rings (SSSR count). The number of benzene rings is 2. The molecule has 0 unspecified atom stereocenters. The van der Waals surface area contributed by atoms with Gasteiger partial charge in [0.25, 0.3) is 5.91 Å². The summed E-state index contributed by atoms with van der Waals surface area (Å²) in [5.74, 6) is -0.921. The van der Waals surface area contributed by atoms with Gasteiger partial charge in [-0.05, 0) is 55.0 Å². The van der Waals surface area contributed by atoms with E-state index in [9.17, 15) is 13.6 Å². The predicted molar refractivity (Wildman–Crippen MR) is 105 cm³/mol. The average molecular weight is 398 g/mol. The fraction of sp³-hybridized carbons (Fsp3) is 0.100. The van der Waals surface area contributed by atoms with Crippen LogP contribution in [0.5, 0.6) is 0 Å². The molecule has 2 heterocycles. The molecule has 0 aliphatic heterocycles. The number of fused-ring (bicyclic) bond motifs is 1. The zero-order chi connectivity index (χ0) is 19.7. The maximum Gasteiger partial charge on any atom is 0.279 e. The van der Waals surface area contributed by atoms with E-state index in [4.69, 9.17) is 0 Å². The summed E-state index contributed by atoms with van der Waals surface area (Å²) in [5.41, 5.74) is 7.69. The average Bonchev–Trinajstić information content (AvgIpc) is 3.24. The van der Waals surface area contributed by atoms with Gasteiger partial charge in [-0.15, -0.1) is 11.3 Å². The highest BCUT2D eigenvalue weighted by molar-refractivity contribution is 7.20. The molecule has 0 saturated carbocycles. The van der Waals surface area contributed by atoms with Crippen LogP contribution >= 0.6 is 11.3 Å². The molecule has 28 heavy (non-hydrogen) atoms. The van der Waals surface area contributed by atoms with Crippen molar-refractivity contribution in [3.8, 4) is 0 Å². The lowest BCUT2D eigenvalue weighted by Gasteiger charge is -2.07. The summed E-state index contributed by atoms with van der Waals surface area (Å²) < 4.78 is 27.9. The minimum Gasteiger partial charge on any atom is -0.298 e. The van der Waals surface area contributed by atoms with Crippen LogP contribution in [-0.4, -0.2) is 15.7 Å². The van der Waals surface area contributed by atoms with Crippen molar-refractivity contribution in [2.75, 3.05) is 5.43 Å². The van der Waals surface area contributed by atoms with E-state index in [2.05, 4.69) is 16.0 Å². The number of aromatic nitrogens is 2. The Balaban J connectivity index is 1.52. The van der Waals surface area contributed by atoms with E-state index in [0.29, 0.717) is 17.1 Å². The summed E-state index contributed by atoms with van der Waals surface area (Å²) in [6.45, 7) is 2.37. The molecule has 5 nitrogen and oxygen atoms in total. The minimum absolute atomic E-state index is 0.283. The molecule has 8 heteroatoms. The van der Waals surface area contributed by atoms with Crippen molar-refractivity contribution in [3.63, 3.8) is 0 Å². The van der Waals surface area contributed by atoms with E-state index >= 15 is 0 Å². The van der Waals surface area contributed by atoms with Gasteiger partial charge in [0.1, 0.15) is 16.5 Å². The lowest BCUT2D eigenvalue weighted by molar-refractivity contribution is 0.0966. The number of aryl methyl sites for hydroxylation is 1. The summed E-state index contributed by atoms with van der Waals surface area (Å²) in [6.07, 6.45) is 0. The number of anilines is 1. The molecular weight excluding hydrogens is 382 g/mol. The van der Waals surface area contributed by atoms with Crippen LogP contribution in [0, 0.1) is 18.6 Å². The SMILES string of the molecule is Cc1nn(Cc2ccc(F)cc2)c2sc(C(=O)NNc3ccc(F)cc3)cc12. The highest BCUT2D eigenvalue weighted by Crippen LogP contribution is 2.29. The Kier molecular flexibility index (Phi) is 4.79. The maximum absolute atomic E-state index is 13.1. The number of hydrogen-bond acceptors (Lipinski definition) is 4. The van der Waals surface area contributed by atoms with Crippen LogP contribution < -0.4 is 10.9 Å². The zero-order valence-electron chi connectivity index (χ0n) is 14.9. The van der Waals surface area contributed by atoms with Gasteiger partial charge in [0.05, 0.1) is 22.8 Å². The molecule has 0 bridgehead atoms. The molecule has 0 saturated heterocycles. The largest absolute Gasteiger partial charge is 0.298 e. The van der Waals surface area contributed by atoms with Crippen LogP contribution in [-0.2, 0) is 6.54 Å². The summed E-state index contributed by atoms with van der Waals surface area (Å²) in [6, 6.07) is 13.7. The van der Waals surface area contributed by atoms with Crippen molar-refractivity contribution in [2.45, 2.75) is 13.5 Å². The Hall–Kier alpha value is -3.26. The number of carbonyl (C=O) groups excluding carboxylic acids is 1. The fourth-order valence-corrected chi connectivity index (χ4v) is 3.87. The third-order valence-electron chi connectivity index (χ3n) is 4.24. The topological polar surface area (TPSA) is 59.0 Å². The highest BCUT2D eigenvalue weighted by atomic mass is 32.1. The van der Waals surface area contributed by atoms with Crippen molar-refractivity contribution in [1.29, 1.82) is 0 Å². The van der Waals surface area contributed by atoms with E-state index in [1.54, 1.807) is 18.2 Å². The molecule has 0 radical (unpaired) electrons. The number of halogens is 2. The number of rotatable bonds is 5. The summed E-state index contributed by atoms with van der Waals surface area (Å²) in [7, 11) is 0. The molecule has 2 aromatic carbocycles. The Bertz CT molecular complexity index is 1130. The number of hydrazine groups is 1. The molecule has 0 aliphatic rings. The fourth-order valence-electron chi connectivity index (χ4n) is 2.82. The normalized spacial score (nSPS) is 11.0. The monoisotopic (exact) mass is 398 g/mol. The lowest BCUT2D eigenvalue weighted by Crippen LogP contribution is -2.28. The molecule has 2 N–H and O–H groups in total. The van der Waals surface area contributed by atoms with Crippen LogP contribution in [0.15, 0.2) is 54.6 Å². The highest BCUT2D eigenvalue weighted by Gasteiger charge is 2.16. The van der Waals surface area contributed by atoms with Crippen molar-refractivity contribution in [1.82, 2.24) is 15.2 Å². The Morgan fingerprint density at radius 3 is 2.39 bits per heavy atom. The van der Waals surface area contributed by atoms with Crippen LogP contribution in [0.4, 0.5) is 14.5 Å². The zero-order valence-corrected chi connectivity index (χ0v) is 15.7. The first-order chi connectivity index (χ1) is 13.5. The first kappa shape index (κ1) is 18.1. The summed E-state index contributed by atoms with van der Waals surface area (Å²) >= 11 is 1.33. The molecule has 1 amide bonds. The van der Waals surface area contributed by atoms with Gasteiger partial charge in [-0.25, -0.2) is 8.78 Å². The molecule has 0 atom stereocenters. The Morgan fingerprint density at radius 2 is 1.71 bits per heavy atom.